The molecule has 0 N–H and O–H groups in total. The van der Waals surface area contributed by atoms with Crippen LogP contribution in [0.4, 0.5) is 0 Å². The number of amides is 1. The number of aryl methyl sites for hydroxylation is 1. The minimum absolute atomic E-state index is 0.0508. The van der Waals surface area contributed by atoms with E-state index < -0.39 is 0 Å². The second kappa shape index (κ2) is 8.09. The van der Waals surface area contributed by atoms with Gasteiger partial charge in [-0.25, -0.2) is 0 Å². The first-order valence-corrected chi connectivity index (χ1v) is 9.18. The zero-order chi connectivity index (χ0) is 19.6. The van der Waals surface area contributed by atoms with E-state index in [4.69, 9.17) is 25.8 Å². The Labute approximate surface area is 164 Å². The molecule has 2 aromatic carbocycles. The average molecular weight is 390 g/mol. The number of benzene rings is 2. The smallest absolute Gasteiger partial charge is 0.229 e. The molecule has 6 heteroatoms. The number of methoxy groups -OCH3 is 2. The Morgan fingerprint density at radius 2 is 1.93 bits per heavy atom. The second-order valence-corrected chi connectivity index (χ2v) is 7.23. The van der Waals surface area contributed by atoms with Gasteiger partial charge in [0.15, 0.2) is 11.5 Å². The highest BCUT2D eigenvalue weighted by molar-refractivity contribution is 6.30. The maximum atomic E-state index is 12.9. The van der Waals surface area contributed by atoms with Crippen LogP contribution in [0.3, 0.4) is 0 Å². The molecule has 5 nitrogen and oxygen atoms in total. The summed E-state index contributed by atoms with van der Waals surface area (Å²) in [7, 11) is 5.03. The molecule has 1 aliphatic rings. The van der Waals surface area contributed by atoms with Gasteiger partial charge in [0.1, 0.15) is 12.4 Å². The Morgan fingerprint density at radius 1 is 1.22 bits per heavy atom. The lowest BCUT2D eigenvalue weighted by Crippen LogP contribution is -2.38. The van der Waals surface area contributed by atoms with Gasteiger partial charge in [0, 0.05) is 18.6 Å². The summed E-state index contributed by atoms with van der Waals surface area (Å²) in [5, 5.41) is 0.653. The predicted octanol–water partition coefficient (Wildman–Crippen LogP) is 3.88. The lowest BCUT2D eigenvalue weighted by molar-refractivity contribution is -0.136. The van der Waals surface area contributed by atoms with E-state index in [1.165, 1.54) is 0 Å². The number of carbonyl (C=O) groups is 1. The van der Waals surface area contributed by atoms with Crippen LogP contribution in [0, 0.1) is 12.8 Å². The first kappa shape index (κ1) is 19.4. The molecule has 0 aliphatic carbocycles. The summed E-state index contributed by atoms with van der Waals surface area (Å²) >= 11 is 6.07. The zero-order valence-corrected chi connectivity index (χ0v) is 16.8. The number of halogens is 1. The van der Waals surface area contributed by atoms with Crippen molar-refractivity contribution < 1.29 is 19.0 Å². The fourth-order valence-corrected chi connectivity index (χ4v) is 3.55. The van der Waals surface area contributed by atoms with Gasteiger partial charge in [-0.15, -0.1) is 0 Å². The van der Waals surface area contributed by atoms with Crippen molar-refractivity contribution >= 4 is 17.5 Å². The van der Waals surface area contributed by atoms with Crippen molar-refractivity contribution in [2.45, 2.75) is 19.9 Å². The van der Waals surface area contributed by atoms with Crippen molar-refractivity contribution in [2.75, 3.05) is 27.9 Å². The number of rotatable bonds is 5. The summed E-state index contributed by atoms with van der Waals surface area (Å²) in [4.78, 5) is 14.7. The van der Waals surface area contributed by atoms with Crippen LogP contribution in [-0.4, -0.2) is 38.7 Å². The summed E-state index contributed by atoms with van der Waals surface area (Å²) < 4.78 is 16.5. The molecular formula is C21H24ClNO4. The number of hydrogen-bond acceptors (Lipinski definition) is 4. The fourth-order valence-electron chi connectivity index (χ4n) is 3.36. The molecule has 1 aliphatic heterocycles. The molecule has 2 aromatic rings. The molecular weight excluding hydrogens is 366 g/mol. The highest BCUT2D eigenvalue weighted by Crippen LogP contribution is 2.32. The van der Waals surface area contributed by atoms with E-state index in [1.54, 1.807) is 25.2 Å². The number of fused-ring (bicyclic) bond motifs is 1. The van der Waals surface area contributed by atoms with Gasteiger partial charge >= 0.3 is 0 Å². The van der Waals surface area contributed by atoms with Crippen LogP contribution in [0.5, 0.6) is 17.2 Å². The molecule has 0 unspecified atom stereocenters. The Balaban J connectivity index is 1.73. The first-order valence-electron chi connectivity index (χ1n) is 8.80. The molecule has 0 saturated carbocycles. The molecule has 0 spiro atoms. The Morgan fingerprint density at radius 3 is 2.63 bits per heavy atom. The van der Waals surface area contributed by atoms with Gasteiger partial charge in [-0.3, -0.25) is 4.79 Å². The third-order valence-corrected chi connectivity index (χ3v) is 5.14. The van der Waals surface area contributed by atoms with E-state index in [-0.39, 0.29) is 11.8 Å². The molecule has 1 heterocycles. The van der Waals surface area contributed by atoms with E-state index in [2.05, 4.69) is 0 Å². The summed E-state index contributed by atoms with van der Waals surface area (Å²) in [6.45, 7) is 2.87. The molecule has 0 fully saturated rings. The van der Waals surface area contributed by atoms with Crippen LogP contribution in [0.1, 0.15) is 16.7 Å². The van der Waals surface area contributed by atoms with Crippen LogP contribution >= 0.6 is 11.6 Å². The SMILES string of the molecule is COc1cc(C)c(CN(C)C(=O)[C@@H]2COc3ccc(Cl)cc3C2)cc1OC. The molecule has 27 heavy (non-hydrogen) atoms. The zero-order valence-electron chi connectivity index (χ0n) is 16.0. The lowest BCUT2D eigenvalue weighted by atomic mass is 9.95. The molecule has 3 rings (SSSR count). The van der Waals surface area contributed by atoms with E-state index in [0.29, 0.717) is 36.1 Å². The molecule has 1 atom stereocenters. The van der Waals surface area contributed by atoms with Gasteiger partial charge in [-0.2, -0.15) is 0 Å². The first-order chi connectivity index (χ1) is 12.9. The second-order valence-electron chi connectivity index (χ2n) is 6.79. The Hall–Kier alpha value is -2.40. The van der Waals surface area contributed by atoms with Crippen LogP contribution < -0.4 is 14.2 Å². The lowest BCUT2D eigenvalue weighted by Gasteiger charge is -2.29. The predicted molar refractivity (Wildman–Crippen MR) is 105 cm³/mol. The minimum Gasteiger partial charge on any atom is -0.493 e. The summed E-state index contributed by atoms with van der Waals surface area (Å²) in [5.74, 6) is 1.98. The van der Waals surface area contributed by atoms with Crippen LogP contribution in [-0.2, 0) is 17.8 Å². The quantitative estimate of drug-likeness (QED) is 0.778. The third kappa shape index (κ3) is 4.14. The van der Waals surface area contributed by atoms with E-state index in [0.717, 1.165) is 22.4 Å². The fraction of sp³-hybridized carbons (Fsp3) is 0.381. The normalized spacial score (nSPS) is 15.5. The highest BCUT2D eigenvalue weighted by Gasteiger charge is 2.28. The number of hydrogen-bond donors (Lipinski definition) is 0. The standard InChI is InChI=1S/C21H24ClNO4/c1-13-7-19(25-3)20(26-4)10-15(13)11-23(2)21(24)16-8-14-9-17(22)5-6-18(14)27-12-16/h5-7,9-10,16H,8,11-12H2,1-4H3/t16-/m0/s1. The Kier molecular flexibility index (Phi) is 5.80. The topological polar surface area (TPSA) is 48.0 Å². The van der Waals surface area contributed by atoms with Crippen molar-refractivity contribution in [3.05, 3.63) is 52.0 Å². The van der Waals surface area contributed by atoms with Crippen LogP contribution in [0.2, 0.25) is 5.02 Å². The molecule has 0 radical (unpaired) electrons. The molecule has 0 aromatic heterocycles. The highest BCUT2D eigenvalue weighted by atomic mass is 35.5. The molecule has 0 bridgehead atoms. The van der Waals surface area contributed by atoms with Crippen molar-refractivity contribution in [2.24, 2.45) is 5.92 Å². The van der Waals surface area contributed by atoms with Gasteiger partial charge in [0.05, 0.1) is 20.1 Å². The van der Waals surface area contributed by atoms with Crippen molar-refractivity contribution in [1.29, 1.82) is 0 Å². The summed E-state index contributed by atoms with van der Waals surface area (Å²) in [6.07, 6.45) is 0.629. The Bertz CT molecular complexity index is 852. The van der Waals surface area contributed by atoms with E-state index >= 15 is 0 Å². The van der Waals surface area contributed by atoms with Crippen molar-refractivity contribution in [3.63, 3.8) is 0 Å². The van der Waals surface area contributed by atoms with Gasteiger partial charge in [0.2, 0.25) is 5.91 Å². The largest absolute Gasteiger partial charge is 0.493 e. The summed E-state index contributed by atoms with van der Waals surface area (Å²) in [5.41, 5.74) is 3.04. The van der Waals surface area contributed by atoms with Crippen LogP contribution in [0.25, 0.3) is 0 Å². The van der Waals surface area contributed by atoms with E-state index in [1.807, 2.05) is 38.2 Å². The van der Waals surface area contributed by atoms with Gasteiger partial charge in [0.25, 0.3) is 0 Å². The molecule has 144 valence electrons. The van der Waals surface area contributed by atoms with E-state index in [9.17, 15) is 4.79 Å². The molecule has 1 amide bonds. The van der Waals surface area contributed by atoms with Crippen molar-refractivity contribution in [3.8, 4) is 17.2 Å². The van der Waals surface area contributed by atoms with Crippen molar-refractivity contribution in [1.82, 2.24) is 4.90 Å². The number of carbonyl (C=O) groups excluding carboxylic acids is 1. The maximum absolute atomic E-state index is 12.9. The van der Waals surface area contributed by atoms with Crippen LogP contribution in [0.15, 0.2) is 30.3 Å². The molecule has 0 saturated heterocycles. The monoisotopic (exact) mass is 389 g/mol. The minimum atomic E-state index is -0.221. The van der Waals surface area contributed by atoms with Gasteiger partial charge < -0.3 is 19.1 Å². The average Bonchev–Trinajstić information content (AvgIpc) is 2.67. The number of ether oxygens (including phenoxy) is 3. The summed E-state index contributed by atoms with van der Waals surface area (Å²) in [6, 6.07) is 9.37. The third-order valence-electron chi connectivity index (χ3n) is 4.90. The maximum Gasteiger partial charge on any atom is 0.229 e. The van der Waals surface area contributed by atoms with Gasteiger partial charge in [-0.05, 0) is 60.4 Å². The van der Waals surface area contributed by atoms with Gasteiger partial charge in [-0.1, -0.05) is 11.6 Å². The number of nitrogens with zero attached hydrogens (tertiary/aromatic N) is 1.